The van der Waals surface area contributed by atoms with Crippen molar-refractivity contribution in [2.75, 3.05) is 0 Å². The zero-order valence-corrected chi connectivity index (χ0v) is 8.35. The number of hydrogen-bond acceptors (Lipinski definition) is 0. The Hall–Kier alpha value is 0. The first-order chi connectivity index (χ1) is 5.00. The summed E-state index contributed by atoms with van der Waals surface area (Å²) in [6.45, 7) is 9.41. The normalized spacial score (nSPS) is 33.8. The Bertz CT molecular complexity index is 118. The van der Waals surface area contributed by atoms with Crippen molar-refractivity contribution in [2.24, 2.45) is 17.3 Å². The van der Waals surface area contributed by atoms with Gasteiger partial charge in [-0.3, -0.25) is 0 Å². The lowest BCUT2D eigenvalue weighted by Crippen LogP contribution is -2.26. The van der Waals surface area contributed by atoms with Crippen LogP contribution in [0.25, 0.3) is 0 Å². The molecule has 65 valence electrons. The predicted molar refractivity (Wildman–Crippen MR) is 50.3 cm³/mol. The van der Waals surface area contributed by atoms with Gasteiger partial charge >= 0.3 is 0 Å². The Labute approximate surface area is 71.4 Å². The second-order valence-corrected chi connectivity index (χ2v) is 5.07. The molecule has 0 heteroatoms. The van der Waals surface area contributed by atoms with Crippen molar-refractivity contribution in [2.45, 2.75) is 47.0 Å². The summed E-state index contributed by atoms with van der Waals surface area (Å²) in [6.07, 6.45) is 6.81. The molecule has 1 aliphatic rings. The van der Waals surface area contributed by atoms with Gasteiger partial charge in [0.05, 0.1) is 0 Å². The first kappa shape index (κ1) is 9.09. The van der Waals surface area contributed by atoms with Crippen LogP contribution in [0.3, 0.4) is 0 Å². The maximum Gasteiger partial charge on any atom is -0.0321 e. The van der Waals surface area contributed by atoms with Gasteiger partial charge in [-0.15, -0.1) is 0 Å². The van der Waals surface area contributed by atoms with Crippen LogP contribution in [0.15, 0.2) is 0 Å². The van der Waals surface area contributed by atoms with Crippen molar-refractivity contribution < 1.29 is 0 Å². The first-order valence-corrected chi connectivity index (χ1v) is 4.85. The summed E-state index contributed by atoms with van der Waals surface area (Å²) in [7, 11) is 0. The van der Waals surface area contributed by atoms with Gasteiger partial charge in [-0.1, -0.05) is 40.5 Å². The van der Waals surface area contributed by atoms with Crippen molar-refractivity contribution in [3.05, 3.63) is 6.42 Å². The first-order valence-electron chi connectivity index (χ1n) is 4.85. The van der Waals surface area contributed by atoms with Gasteiger partial charge in [-0.25, -0.2) is 0 Å². The van der Waals surface area contributed by atoms with Gasteiger partial charge in [0.2, 0.25) is 0 Å². The topological polar surface area (TPSA) is 0 Å². The van der Waals surface area contributed by atoms with Crippen LogP contribution in [0.1, 0.15) is 47.0 Å². The summed E-state index contributed by atoms with van der Waals surface area (Å²) >= 11 is 0. The molecular weight excluding hydrogens is 132 g/mol. The van der Waals surface area contributed by atoms with Crippen molar-refractivity contribution in [3.8, 4) is 0 Å². The van der Waals surface area contributed by atoms with Gasteiger partial charge in [0.1, 0.15) is 0 Å². The van der Waals surface area contributed by atoms with Crippen LogP contribution < -0.4 is 0 Å². The maximum absolute atomic E-state index is 2.56. The summed E-state index contributed by atoms with van der Waals surface area (Å²) in [5, 5.41) is 0. The summed E-state index contributed by atoms with van der Waals surface area (Å²) in [6, 6.07) is 0. The third-order valence-electron chi connectivity index (χ3n) is 2.85. The van der Waals surface area contributed by atoms with Crippen LogP contribution >= 0.6 is 0 Å². The molecule has 1 rings (SSSR count). The minimum atomic E-state index is 0.495. The average molecular weight is 153 g/mol. The van der Waals surface area contributed by atoms with E-state index in [4.69, 9.17) is 0 Å². The third-order valence-corrected chi connectivity index (χ3v) is 2.85. The molecule has 0 aromatic carbocycles. The highest BCUT2D eigenvalue weighted by Crippen LogP contribution is 2.38. The molecule has 0 amide bonds. The Morgan fingerprint density at radius 3 is 2.18 bits per heavy atom. The molecule has 1 saturated carbocycles. The van der Waals surface area contributed by atoms with Gasteiger partial charge in [0, 0.05) is 0 Å². The van der Waals surface area contributed by atoms with E-state index in [0.29, 0.717) is 5.41 Å². The molecule has 0 aromatic heterocycles. The van der Waals surface area contributed by atoms with E-state index in [2.05, 4.69) is 34.1 Å². The molecule has 11 heavy (non-hydrogen) atoms. The van der Waals surface area contributed by atoms with E-state index in [1.165, 1.54) is 19.3 Å². The largest absolute Gasteiger partial charge is 0.0622 e. The summed E-state index contributed by atoms with van der Waals surface area (Å²) in [4.78, 5) is 0. The van der Waals surface area contributed by atoms with Crippen molar-refractivity contribution >= 4 is 0 Å². The molecule has 0 aromatic rings. The minimum absolute atomic E-state index is 0.495. The molecule has 0 spiro atoms. The lowest BCUT2D eigenvalue weighted by atomic mass is 9.69. The van der Waals surface area contributed by atoms with Gasteiger partial charge in [-0.05, 0) is 30.1 Å². The van der Waals surface area contributed by atoms with E-state index in [1.807, 2.05) is 0 Å². The molecular formula is C11H21. The number of rotatable bonds is 0. The Morgan fingerprint density at radius 2 is 1.82 bits per heavy atom. The quantitative estimate of drug-likeness (QED) is 0.498. The molecule has 2 atom stereocenters. The minimum Gasteiger partial charge on any atom is -0.0622 e. The fraction of sp³-hybridized carbons (Fsp3) is 0.909. The van der Waals surface area contributed by atoms with E-state index in [-0.39, 0.29) is 0 Å². The highest BCUT2D eigenvalue weighted by atomic mass is 14.3. The van der Waals surface area contributed by atoms with E-state index in [9.17, 15) is 0 Å². The summed E-state index contributed by atoms with van der Waals surface area (Å²) < 4.78 is 0. The van der Waals surface area contributed by atoms with Crippen LogP contribution in [0.4, 0.5) is 0 Å². The van der Waals surface area contributed by atoms with E-state index >= 15 is 0 Å². The fourth-order valence-electron chi connectivity index (χ4n) is 1.97. The van der Waals surface area contributed by atoms with Crippen LogP contribution in [0.2, 0.25) is 0 Å². The molecule has 0 bridgehead atoms. The fourth-order valence-corrected chi connectivity index (χ4v) is 1.97. The number of hydrogen-bond donors (Lipinski definition) is 0. The lowest BCUT2D eigenvalue weighted by Gasteiger charge is -2.36. The summed E-state index contributed by atoms with van der Waals surface area (Å²) in [5.41, 5.74) is 0.495. The molecule has 0 aliphatic heterocycles. The SMILES string of the molecule is CC1[CH]C(C(C)(C)C)CCC1. The Morgan fingerprint density at radius 1 is 1.18 bits per heavy atom. The lowest BCUT2D eigenvalue weighted by molar-refractivity contribution is 0.208. The highest BCUT2D eigenvalue weighted by molar-refractivity contribution is 4.92. The van der Waals surface area contributed by atoms with Crippen molar-refractivity contribution in [1.29, 1.82) is 0 Å². The van der Waals surface area contributed by atoms with E-state index in [0.717, 1.165) is 11.8 Å². The molecule has 1 radical (unpaired) electrons. The van der Waals surface area contributed by atoms with Crippen molar-refractivity contribution in [3.63, 3.8) is 0 Å². The zero-order valence-electron chi connectivity index (χ0n) is 8.35. The Kier molecular flexibility index (Phi) is 2.61. The van der Waals surface area contributed by atoms with Gasteiger partial charge in [0.25, 0.3) is 0 Å². The smallest absolute Gasteiger partial charge is 0.0321 e. The molecule has 0 N–H and O–H groups in total. The standard InChI is InChI=1S/C11H21/c1-9-6-5-7-10(8-9)11(2,3)4/h8-10H,5-7H2,1-4H3. The van der Waals surface area contributed by atoms with Crippen LogP contribution in [0, 0.1) is 23.7 Å². The summed E-state index contributed by atoms with van der Waals surface area (Å²) in [5.74, 6) is 1.71. The van der Waals surface area contributed by atoms with Crippen LogP contribution in [-0.4, -0.2) is 0 Å². The molecule has 1 fully saturated rings. The molecule has 0 heterocycles. The third kappa shape index (κ3) is 2.50. The van der Waals surface area contributed by atoms with E-state index < -0.39 is 0 Å². The zero-order chi connectivity index (χ0) is 8.48. The van der Waals surface area contributed by atoms with Gasteiger partial charge in [0.15, 0.2) is 0 Å². The van der Waals surface area contributed by atoms with Gasteiger partial charge in [-0.2, -0.15) is 0 Å². The van der Waals surface area contributed by atoms with E-state index in [1.54, 1.807) is 0 Å². The second kappa shape index (κ2) is 3.16. The molecule has 0 nitrogen and oxygen atoms in total. The highest BCUT2D eigenvalue weighted by Gasteiger charge is 2.28. The Balaban J connectivity index is 2.46. The predicted octanol–water partition coefficient (Wildman–Crippen LogP) is 3.67. The molecule has 0 saturated heterocycles. The van der Waals surface area contributed by atoms with Gasteiger partial charge < -0.3 is 0 Å². The second-order valence-electron chi connectivity index (χ2n) is 5.07. The molecule has 1 aliphatic carbocycles. The van der Waals surface area contributed by atoms with Crippen LogP contribution in [-0.2, 0) is 0 Å². The maximum atomic E-state index is 2.56. The van der Waals surface area contributed by atoms with Crippen molar-refractivity contribution in [1.82, 2.24) is 0 Å². The average Bonchev–Trinajstić information content (AvgIpc) is 1.86. The molecule has 2 unspecified atom stereocenters. The monoisotopic (exact) mass is 153 g/mol. The van der Waals surface area contributed by atoms with Crippen LogP contribution in [0.5, 0.6) is 0 Å².